The first kappa shape index (κ1) is 11.9. The van der Waals surface area contributed by atoms with Crippen molar-refractivity contribution in [1.29, 1.82) is 0 Å². The van der Waals surface area contributed by atoms with Crippen molar-refractivity contribution in [2.75, 3.05) is 18.1 Å². The largest absolute Gasteiger partial charge is 0.478 e. The Morgan fingerprint density at radius 3 is 3.06 bits per heavy atom. The van der Waals surface area contributed by atoms with E-state index in [0.717, 1.165) is 13.0 Å². The van der Waals surface area contributed by atoms with Gasteiger partial charge in [0.2, 0.25) is 0 Å². The van der Waals surface area contributed by atoms with Gasteiger partial charge in [0, 0.05) is 18.9 Å². The maximum absolute atomic E-state index is 11.1. The molecule has 0 spiro atoms. The minimum Gasteiger partial charge on any atom is -0.478 e. The Hall–Kier alpha value is -1.62. The molecule has 5 heteroatoms. The lowest BCUT2D eigenvalue weighted by atomic mass is 10.0. The summed E-state index contributed by atoms with van der Waals surface area (Å²) >= 11 is 0. The van der Waals surface area contributed by atoms with E-state index in [2.05, 4.69) is 11.9 Å². The lowest BCUT2D eigenvalue weighted by Gasteiger charge is -2.28. The Labute approximate surface area is 99.7 Å². The standard InChI is InChI=1S/C12H16N2O3/c1-8-3-5-14(11(8)7-15)10-2-4-13-6-9(10)12(16)17/h2,4,6,8,11,15H,3,5,7H2,1H3,(H,16,17). The summed E-state index contributed by atoms with van der Waals surface area (Å²) in [5.74, 6) is -0.612. The maximum Gasteiger partial charge on any atom is 0.339 e. The van der Waals surface area contributed by atoms with Gasteiger partial charge in [-0.15, -0.1) is 0 Å². The smallest absolute Gasteiger partial charge is 0.339 e. The molecule has 1 aromatic rings. The van der Waals surface area contributed by atoms with E-state index in [-0.39, 0.29) is 18.2 Å². The van der Waals surface area contributed by atoms with Gasteiger partial charge in [-0.3, -0.25) is 4.98 Å². The highest BCUT2D eigenvalue weighted by atomic mass is 16.4. The fraction of sp³-hybridized carbons (Fsp3) is 0.500. The highest BCUT2D eigenvalue weighted by Crippen LogP contribution is 2.31. The summed E-state index contributed by atoms with van der Waals surface area (Å²) in [4.78, 5) is 16.9. The second-order valence-electron chi connectivity index (χ2n) is 4.41. The summed E-state index contributed by atoms with van der Waals surface area (Å²) in [7, 11) is 0. The van der Waals surface area contributed by atoms with E-state index in [1.165, 1.54) is 6.20 Å². The molecule has 17 heavy (non-hydrogen) atoms. The minimum atomic E-state index is -0.982. The van der Waals surface area contributed by atoms with Crippen LogP contribution in [-0.2, 0) is 0 Å². The Balaban J connectivity index is 2.37. The van der Waals surface area contributed by atoms with Gasteiger partial charge < -0.3 is 15.1 Å². The molecule has 1 aliphatic heterocycles. The molecular weight excluding hydrogens is 220 g/mol. The lowest BCUT2D eigenvalue weighted by molar-refractivity contribution is 0.0697. The van der Waals surface area contributed by atoms with Crippen molar-refractivity contribution in [2.24, 2.45) is 5.92 Å². The van der Waals surface area contributed by atoms with E-state index in [0.29, 0.717) is 11.6 Å². The van der Waals surface area contributed by atoms with Crippen molar-refractivity contribution >= 4 is 11.7 Å². The molecular formula is C12H16N2O3. The minimum absolute atomic E-state index is 0.00417. The zero-order chi connectivity index (χ0) is 12.4. The number of aliphatic hydroxyl groups is 1. The lowest BCUT2D eigenvalue weighted by Crippen LogP contribution is -2.36. The number of carbonyl (C=O) groups is 1. The van der Waals surface area contributed by atoms with Crippen molar-refractivity contribution in [3.63, 3.8) is 0 Å². The molecule has 0 aliphatic carbocycles. The zero-order valence-electron chi connectivity index (χ0n) is 9.71. The second-order valence-corrected chi connectivity index (χ2v) is 4.41. The van der Waals surface area contributed by atoms with Crippen LogP contribution in [0, 0.1) is 5.92 Å². The van der Waals surface area contributed by atoms with Gasteiger partial charge in [-0.1, -0.05) is 6.92 Å². The number of anilines is 1. The number of aliphatic hydroxyl groups excluding tert-OH is 1. The van der Waals surface area contributed by atoms with Gasteiger partial charge in [-0.25, -0.2) is 4.79 Å². The fourth-order valence-electron chi connectivity index (χ4n) is 2.39. The number of aromatic carboxylic acids is 1. The maximum atomic E-state index is 11.1. The third-order valence-electron chi connectivity index (χ3n) is 3.41. The van der Waals surface area contributed by atoms with Gasteiger partial charge in [0.25, 0.3) is 0 Å². The van der Waals surface area contributed by atoms with Crippen LogP contribution in [0.3, 0.4) is 0 Å². The molecule has 2 rings (SSSR count). The highest BCUT2D eigenvalue weighted by Gasteiger charge is 2.32. The molecule has 1 aliphatic rings. The van der Waals surface area contributed by atoms with Crippen LogP contribution < -0.4 is 4.90 Å². The molecule has 1 saturated heterocycles. The predicted octanol–water partition coefficient (Wildman–Crippen LogP) is 0.987. The van der Waals surface area contributed by atoms with E-state index in [4.69, 9.17) is 5.11 Å². The molecule has 2 heterocycles. The van der Waals surface area contributed by atoms with E-state index >= 15 is 0 Å². The average Bonchev–Trinajstić information content (AvgIpc) is 2.70. The third-order valence-corrected chi connectivity index (χ3v) is 3.41. The zero-order valence-corrected chi connectivity index (χ0v) is 9.71. The topological polar surface area (TPSA) is 73.7 Å². The molecule has 1 aromatic heterocycles. The summed E-state index contributed by atoms with van der Waals surface area (Å²) in [6.45, 7) is 2.89. The first-order chi connectivity index (χ1) is 8.15. The predicted molar refractivity (Wildman–Crippen MR) is 63.2 cm³/mol. The molecule has 5 nitrogen and oxygen atoms in total. The van der Waals surface area contributed by atoms with Gasteiger partial charge >= 0.3 is 5.97 Å². The quantitative estimate of drug-likeness (QED) is 0.818. The molecule has 0 aromatic carbocycles. The average molecular weight is 236 g/mol. The fourth-order valence-corrected chi connectivity index (χ4v) is 2.39. The Kier molecular flexibility index (Phi) is 3.28. The monoisotopic (exact) mass is 236 g/mol. The molecule has 2 atom stereocenters. The van der Waals surface area contributed by atoms with Crippen molar-refractivity contribution in [1.82, 2.24) is 4.98 Å². The summed E-state index contributed by atoms with van der Waals surface area (Å²) < 4.78 is 0. The summed E-state index contributed by atoms with van der Waals surface area (Å²) in [5.41, 5.74) is 0.843. The molecule has 0 bridgehead atoms. The first-order valence-corrected chi connectivity index (χ1v) is 5.70. The molecule has 0 radical (unpaired) electrons. The molecule has 92 valence electrons. The van der Waals surface area contributed by atoms with E-state index < -0.39 is 5.97 Å². The van der Waals surface area contributed by atoms with E-state index in [1.54, 1.807) is 12.3 Å². The number of hydrogen-bond donors (Lipinski definition) is 2. The van der Waals surface area contributed by atoms with Crippen LogP contribution in [0.5, 0.6) is 0 Å². The molecule has 2 N–H and O–H groups in total. The van der Waals surface area contributed by atoms with Crippen LogP contribution in [0.2, 0.25) is 0 Å². The van der Waals surface area contributed by atoms with Crippen molar-refractivity contribution in [3.05, 3.63) is 24.0 Å². The summed E-state index contributed by atoms with van der Waals surface area (Å²) in [5, 5.41) is 18.5. The normalized spacial score (nSPS) is 24.0. The van der Waals surface area contributed by atoms with Gasteiger partial charge in [0.15, 0.2) is 0 Å². The molecule has 0 amide bonds. The number of hydrogen-bond acceptors (Lipinski definition) is 4. The summed E-state index contributed by atoms with van der Waals surface area (Å²) in [6.07, 6.45) is 3.90. The van der Waals surface area contributed by atoms with Gasteiger partial charge in [0.1, 0.15) is 5.56 Å². The number of aromatic nitrogens is 1. The molecule has 0 saturated carbocycles. The number of carboxylic acid groups (broad SMARTS) is 1. The van der Waals surface area contributed by atoms with Gasteiger partial charge in [-0.2, -0.15) is 0 Å². The van der Waals surface area contributed by atoms with Crippen molar-refractivity contribution < 1.29 is 15.0 Å². The van der Waals surface area contributed by atoms with E-state index in [1.807, 2.05) is 4.90 Å². The number of pyridine rings is 1. The van der Waals surface area contributed by atoms with Gasteiger partial charge in [0.05, 0.1) is 18.3 Å². The Morgan fingerprint density at radius 1 is 1.65 bits per heavy atom. The second kappa shape index (κ2) is 4.71. The highest BCUT2D eigenvalue weighted by molar-refractivity contribution is 5.94. The van der Waals surface area contributed by atoms with Crippen LogP contribution >= 0.6 is 0 Å². The Morgan fingerprint density at radius 2 is 2.41 bits per heavy atom. The number of rotatable bonds is 3. The molecule has 1 fully saturated rings. The first-order valence-electron chi connectivity index (χ1n) is 5.70. The van der Waals surface area contributed by atoms with Crippen molar-refractivity contribution in [3.8, 4) is 0 Å². The molecule has 2 unspecified atom stereocenters. The van der Waals surface area contributed by atoms with Crippen LogP contribution in [0.15, 0.2) is 18.5 Å². The third kappa shape index (κ3) is 2.10. The van der Waals surface area contributed by atoms with Gasteiger partial charge in [-0.05, 0) is 18.4 Å². The number of nitrogens with zero attached hydrogens (tertiary/aromatic N) is 2. The van der Waals surface area contributed by atoms with Crippen LogP contribution in [0.1, 0.15) is 23.7 Å². The SMILES string of the molecule is CC1CCN(c2ccncc2C(=O)O)C1CO. The van der Waals surface area contributed by atoms with Crippen LogP contribution in [0.4, 0.5) is 5.69 Å². The van der Waals surface area contributed by atoms with Crippen LogP contribution in [-0.4, -0.2) is 40.4 Å². The summed E-state index contributed by atoms with van der Waals surface area (Å²) in [6, 6.07) is 1.69. The Bertz CT molecular complexity index is 422. The van der Waals surface area contributed by atoms with Crippen molar-refractivity contribution in [2.45, 2.75) is 19.4 Å². The van der Waals surface area contributed by atoms with E-state index in [9.17, 15) is 9.90 Å². The van der Waals surface area contributed by atoms with Crippen LogP contribution in [0.25, 0.3) is 0 Å². The number of carboxylic acids is 1.